The fourth-order valence-corrected chi connectivity index (χ4v) is 5.06. The van der Waals surface area contributed by atoms with Crippen molar-refractivity contribution in [1.29, 1.82) is 0 Å². The molecule has 1 aromatic heterocycles. The first kappa shape index (κ1) is 25.8. The van der Waals surface area contributed by atoms with Crippen LogP contribution >= 0.6 is 35.3 Å². The van der Waals surface area contributed by atoms with E-state index in [-0.39, 0.29) is 24.0 Å². The van der Waals surface area contributed by atoms with Crippen molar-refractivity contribution >= 4 is 41.3 Å². The van der Waals surface area contributed by atoms with Crippen LogP contribution in [-0.2, 0) is 9.47 Å². The van der Waals surface area contributed by atoms with E-state index in [4.69, 9.17) is 14.5 Å². The minimum Gasteiger partial charge on any atom is -0.385 e. The number of nitrogens with one attached hydrogen (secondary N) is 1. The Labute approximate surface area is 203 Å². The smallest absolute Gasteiger partial charge is 0.193 e. The van der Waals surface area contributed by atoms with Crippen LogP contribution in [0.3, 0.4) is 0 Å². The summed E-state index contributed by atoms with van der Waals surface area (Å²) in [6.07, 6.45) is 6.10. The van der Waals surface area contributed by atoms with Crippen molar-refractivity contribution in [3.8, 4) is 0 Å². The van der Waals surface area contributed by atoms with Crippen LogP contribution in [0.5, 0.6) is 0 Å². The van der Waals surface area contributed by atoms with Gasteiger partial charge >= 0.3 is 0 Å². The zero-order valence-electron chi connectivity index (χ0n) is 18.6. The molecular formula is C22H39IN4O2S. The lowest BCUT2D eigenvalue weighted by atomic mass is 10.1. The summed E-state index contributed by atoms with van der Waals surface area (Å²) in [5, 5.41) is 5.71. The lowest BCUT2D eigenvalue weighted by Gasteiger charge is -2.34. The summed E-state index contributed by atoms with van der Waals surface area (Å²) in [6, 6.07) is 4.84. The van der Waals surface area contributed by atoms with E-state index in [1.807, 2.05) is 11.3 Å². The van der Waals surface area contributed by atoms with Gasteiger partial charge in [0.25, 0.3) is 0 Å². The number of ether oxygens (including phenoxy) is 2. The Kier molecular flexibility index (Phi) is 12.6. The Morgan fingerprint density at radius 2 is 2.00 bits per heavy atom. The molecule has 1 aromatic rings. The standard InChI is InChI=1S/C22H38N4O2S.HI/c1-3-23-22(26-13-9-19(10-14-26)28-16-7-15-27-2)24-18-20(21-8-6-17-29-21)25-11-4-5-12-25;/h6,8,17,19-20H,3-5,7,9-16,18H2,1-2H3,(H,23,24);1H. The van der Waals surface area contributed by atoms with Gasteiger partial charge in [-0.3, -0.25) is 9.89 Å². The number of rotatable bonds is 10. The number of nitrogens with zero attached hydrogens (tertiary/aromatic N) is 3. The van der Waals surface area contributed by atoms with Crippen molar-refractivity contribution in [3.05, 3.63) is 22.4 Å². The fourth-order valence-electron chi connectivity index (χ4n) is 4.21. The highest BCUT2D eigenvalue weighted by Crippen LogP contribution is 2.28. The highest BCUT2D eigenvalue weighted by atomic mass is 127. The first-order chi connectivity index (χ1) is 14.3. The molecule has 0 amide bonds. The normalized spacial score (nSPS) is 19.7. The predicted molar refractivity (Wildman–Crippen MR) is 136 cm³/mol. The predicted octanol–water partition coefficient (Wildman–Crippen LogP) is 3.99. The number of guanidine groups is 1. The van der Waals surface area contributed by atoms with Crippen molar-refractivity contribution in [2.75, 3.05) is 59.6 Å². The molecule has 1 unspecified atom stereocenters. The average molecular weight is 551 g/mol. The van der Waals surface area contributed by atoms with Gasteiger partial charge < -0.3 is 19.7 Å². The van der Waals surface area contributed by atoms with Crippen molar-refractivity contribution < 1.29 is 9.47 Å². The van der Waals surface area contributed by atoms with Gasteiger partial charge in [-0.2, -0.15) is 0 Å². The zero-order chi connectivity index (χ0) is 20.3. The van der Waals surface area contributed by atoms with E-state index in [0.29, 0.717) is 12.1 Å². The second-order valence-electron chi connectivity index (χ2n) is 7.87. The summed E-state index contributed by atoms with van der Waals surface area (Å²) in [6.45, 7) is 9.86. The summed E-state index contributed by atoms with van der Waals surface area (Å²) in [5.74, 6) is 1.06. The van der Waals surface area contributed by atoms with E-state index in [0.717, 1.165) is 64.6 Å². The summed E-state index contributed by atoms with van der Waals surface area (Å²) in [4.78, 5) is 11.5. The van der Waals surface area contributed by atoms with Gasteiger partial charge in [0.2, 0.25) is 0 Å². The monoisotopic (exact) mass is 550 g/mol. The number of hydrogen-bond acceptors (Lipinski definition) is 5. The second-order valence-corrected chi connectivity index (χ2v) is 8.85. The Balaban J connectivity index is 0.00000320. The maximum atomic E-state index is 6.02. The van der Waals surface area contributed by atoms with Crippen LogP contribution in [0.1, 0.15) is 49.9 Å². The molecule has 0 aromatic carbocycles. The average Bonchev–Trinajstić information content (AvgIpc) is 3.46. The van der Waals surface area contributed by atoms with Crippen LogP contribution in [0.2, 0.25) is 0 Å². The largest absolute Gasteiger partial charge is 0.385 e. The Morgan fingerprint density at radius 3 is 2.63 bits per heavy atom. The molecule has 2 aliphatic rings. The summed E-state index contributed by atoms with van der Waals surface area (Å²) in [7, 11) is 1.74. The number of thiophene rings is 1. The van der Waals surface area contributed by atoms with E-state index in [1.165, 1.54) is 30.8 Å². The van der Waals surface area contributed by atoms with Gasteiger partial charge in [0, 0.05) is 44.8 Å². The molecule has 0 bridgehead atoms. The molecule has 30 heavy (non-hydrogen) atoms. The van der Waals surface area contributed by atoms with Crippen molar-refractivity contribution in [2.45, 2.75) is 51.2 Å². The van der Waals surface area contributed by atoms with Gasteiger partial charge in [0.1, 0.15) is 0 Å². The molecule has 6 nitrogen and oxygen atoms in total. The molecule has 2 fully saturated rings. The number of likely N-dealkylation sites (tertiary alicyclic amines) is 2. The third kappa shape index (κ3) is 7.93. The van der Waals surface area contributed by atoms with Gasteiger partial charge in [-0.25, -0.2) is 0 Å². The SMILES string of the molecule is CCNC(=NCC(c1cccs1)N1CCCC1)N1CCC(OCCCOC)CC1.I. The van der Waals surface area contributed by atoms with Gasteiger partial charge in [-0.15, -0.1) is 35.3 Å². The first-order valence-electron chi connectivity index (χ1n) is 11.2. The molecule has 1 N–H and O–H groups in total. The molecule has 1 atom stereocenters. The highest BCUT2D eigenvalue weighted by molar-refractivity contribution is 14.0. The molecule has 172 valence electrons. The molecule has 3 heterocycles. The van der Waals surface area contributed by atoms with Crippen LogP contribution in [0.15, 0.2) is 22.5 Å². The molecule has 2 aliphatic heterocycles. The maximum Gasteiger partial charge on any atom is 0.193 e. The third-order valence-electron chi connectivity index (χ3n) is 5.79. The van der Waals surface area contributed by atoms with Crippen LogP contribution < -0.4 is 5.32 Å². The van der Waals surface area contributed by atoms with Gasteiger partial charge in [-0.1, -0.05) is 6.07 Å². The Bertz CT molecular complexity index is 588. The highest BCUT2D eigenvalue weighted by Gasteiger charge is 2.26. The van der Waals surface area contributed by atoms with E-state index in [9.17, 15) is 0 Å². The van der Waals surface area contributed by atoms with Crippen molar-refractivity contribution in [1.82, 2.24) is 15.1 Å². The molecule has 2 saturated heterocycles. The van der Waals surface area contributed by atoms with Crippen LogP contribution in [-0.4, -0.2) is 81.5 Å². The van der Waals surface area contributed by atoms with Gasteiger partial charge in [-0.05, 0) is 63.6 Å². The van der Waals surface area contributed by atoms with Crippen molar-refractivity contribution in [2.24, 2.45) is 4.99 Å². The Hall–Kier alpha value is -0.420. The van der Waals surface area contributed by atoms with Crippen LogP contribution in [0.4, 0.5) is 0 Å². The minimum absolute atomic E-state index is 0. The van der Waals surface area contributed by atoms with E-state index >= 15 is 0 Å². The third-order valence-corrected chi connectivity index (χ3v) is 6.76. The quantitative estimate of drug-likeness (QED) is 0.207. The lowest BCUT2D eigenvalue weighted by molar-refractivity contribution is 0.00989. The molecule has 8 heteroatoms. The van der Waals surface area contributed by atoms with E-state index in [2.05, 4.69) is 39.6 Å². The summed E-state index contributed by atoms with van der Waals surface area (Å²) >= 11 is 1.86. The van der Waals surface area contributed by atoms with Gasteiger partial charge in [0.15, 0.2) is 5.96 Å². The maximum absolute atomic E-state index is 6.02. The lowest BCUT2D eigenvalue weighted by Crippen LogP contribution is -2.47. The topological polar surface area (TPSA) is 49.3 Å². The number of halogens is 1. The zero-order valence-corrected chi connectivity index (χ0v) is 21.7. The van der Waals surface area contributed by atoms with Crippen LogP contribution in [0.25, 0.3) is 0 Å². The summed E-state index contributed by atoms with van der Waals surface area (Å²) in [5.41, 5.74) is 0. The van der Waals surface area contributed by atoms with E-state index < -0.39 is 0 Å². The molecule has 3 rings (SSSR count). The molecule has 0 spiro atoms. The molecule has 0 radical (unpaired) electrons. The Morgan fingerprint density at radius 1 is 1.23 bits per heavy atom. The fraction of sp³-hybridized carbons (Fsp3) is 0.773. The van der Waals surface area contributed by atoms with E-state index in [1.54, 1.807) is 7.11 Å². The number of aliphatic imine (C=N–C) groups is 1. The van der Waals surface area contributed by atoms with Gasteiger partial charge in [0.05, 0.1) is 18.7 Å². The summed E-state index contributed by atoms with van der Waals surface area (Å²) < 4.78 is 11.1. The van der Waals surface area contributed by atoms with Crippen molar-refractivity contribution in [3.63, 3.8) is 0 Å². The molecular weight excluding hydrogens is 511 g/mol. The van der Waals surface area contributed by atoms with Crippen LogP contribution in [0, 0.1) is 0 Å². The second kappa shape index (κ2) is 14.6. The molecule has 0 aliphatic carbocycles. The number of piperidine rings is 1. The first-order valence-corrected chi connectivity index (χ1v) is 12.1. The number of methoxy groups -OCH3 is 1. The minimum atomic E-state index is 0. The number of hydrogen-bond donors (Lipinski definition) is 1. The molecule has 0 saturated carbocycles.